The van der Waals surface area contributed by atoms with Crippen LogP contribution in [0.5, 0.6) is 0 Å². The predicted octanol–water partition coefficient (Wildman–Crippen LogP) is 1.56. The number of nitrogens with zero attached hydrogens (tertiary/aromatic N) is 4. The second-order valence-electron chi connectivity index (χ2n) is 8.80. The lowest BCUT2D eigenvalue weighted by Crippen LogP contribution is -2.52. The quantitative estimate of drug-likeness (QED) is 0.633. The molecule has 0 radical (unpaired) electrons. The van der Waals surface area contributed by atoms with E-state index in [1.165, 1.54) is 4.31 Å². The number of nitrogens with one attached hydrogen (secondary N) is 1. The minimum absolute atomic E-state index is 0.142. The number of pyridine rings is 1. The van der Waals surface area contributed by atoms with Crippen molar-refractivity contribution in [3.05, 3.63) is 53.9 Å². The number of rotatable bonds is 7. The molecular weight excluding hydrogens is 454 g/mol. The largest absolute Gasteiger partial charge is 0.379 e. The summed E-state index contributed by atoms with van der Waals surface area (Å²) >= 11 is 0. The van der Waals surface area contributed by atoms with Crippen LogP contribution in [-0.4, -0.2) is 91.9 Å². The molecule has 1 aromatic heterocycles. The van der Waals surface area contributed by atoms with Crippen LogP contribution in [-0.2, 0) is 26.1 Å². The van der Waals surface area contributed by atoms with Crippen molar-refractivity contribution >= 4 is 21.6 Å². The summed E-state index contributed by atoms with van der Waals surface area (Å²) in [5.74, 6) is -0.142. The fourth-order valence-corrected chi connectivity index (χ4v) is 5.98. The van der Waals surface area contributed by atoms with Crippen LogP contribution in [0.15, 0.2) is 47.5 Å². The average molecular weight is 488 g/mol. The molecular formula is C24H33N5O4S. The number of aryl methyl sites for hydroxylation is 1. The van der Waals surface area contributed by atoms with Crippen LogP contribution in [0.1, 0.15) is 18.2 Å². The van der Waals surface area contributed by atoms with E-state index in [0.717, 1.165) is 38.4 Å². The zero-order valence-corrected chi connectivity index (χ0v) is 20.6. The third-order valence-electron chi connectivity index (χ3n) is 6.49. The molecule has 1 N–H and O–H groups in total. The first-order valence-electron chi connectivity index (χ1n) is 11.7. The normalized spacial score (nSPS) is 19.6. The van der Waals surface area contributed by atoms with Crippen LogP contribution in [0, 0.1) is 6.92 Å². The highest BCUT2D eigenvalue weighted by Crippen LogP contribution is 2.25. The number of hydrogen-bond donors (Lipinski definition) is 1. The Morgan fingerprint density at radius 1 is 1.09 bits per heavy atom. The summed E-state index contributed by atoms with van der Waals surface area (Å²) in [6, 6.07) is 10.7. The van der Waals surface area contributed by atoms with E-state index in [2.05, 4.69) is 20.1 Å². The summed E-state index contributed by atoms with van der Waals surface area (Å²) < 4.78 is 33.0. The molecule has 0 bridgehead atoms. The summed E-state index contributed by atoms with van der Waals surface area (Å²) in [5, 5.41) is 2.92. The van der Waals surface area contributed by atoms with Gasteiger partial charge < -0.3 is 10.1 Å². The zero-order valence-electron chi connectivity index (χ0n) is 19.8. The molecule has 2 aromatic rings. The molecule has 10 heteroatoms. The molecule has 2 saturated heterocycles. The molecule has 34 heavy (non-hydrogen) atoms. The Morgan fingerprint density at radius 3 is 2.50 bits per heavy atom. The molecule has 0 aliphatic carbocycles. The first-order valence-corrected chi connectivity index (χ1v) is 13.1. The van der Waals surface area contributed by atoms with Gasteiger partial charge in [0, 0.05) is 57.7 Å². The zero-order chi connectivity index (χ0) is 24.1. The molecule has 1 aromatic carbocycles. The van der Waals surface area contributed by atoms with E-state index in [-0.39, 0.29) is 16.8 Å². The maximum absolute atomic E-state index is 13.1. The van der Waals surface area contributed by atoms with Crippen LogP contribution in [0.2, 0.25) is 0 Å². The molecule has 9 nitrogen and oxygen atoms in total. The van der Waals surface area contributed by atoms with Gasteiger partial charge in [0.05, 0.1) is 29.8 Å². The maximum Gasteiger partial charge on any atom is 0.243 e. The molecule has 2 aliphatic rings. The standard InChI is InChI=1S/C24H33N5O4S/c1-19-6-7-21(17-23(19)34(31,32)29-13-15-33-16-14-29)26-24(30)20(2)28-11-9-27(10-12-28)18-22-5-3-4-8-25-22/h3-8,17,20H,9-16,18H2,1-2H3,(H,26,30). The van der Waals surface area contributed by atoms with E-state index in [9.17, 15) is 13.2 Å². The van der Waals surface area contributed by atoms with Crippen LogP contribution in [0.4, 0.5) is 5.69 Å². The Bertz CT molecular complexity index is 1080. The van der Waals surface area contributed by atoms with Gasteiger partial charge in [0.15, 0.2) is 0 Å². The maximum atomic E-state index is 13.1. The van der Waals surface area contributed by atoms with Gasteiger partial charge in [-0.05, 0) is 43.7 Å². The molecule has 184 valence electrons. The van der Waals surface area contributed by atoms with Crippen molar-refractivity contribution in [2.75, 3.05) is 57.8 Å². The number of anilines is 1. The summed E-state index contributed by atoms with van der Waals surface area (Å²) in [6.45, 7) is 9.21. The molecule has 3 heterocycles. The Morgan fingerprint density at radius 2 is 1.82 bits per heavy atom. The molecule has 1 amide bonds. The van der Waals surface area contributed by atoms with Crippen LogP contribution < -0.4 is 5.32 Å². The van der Waals surface area contributed by atoms with Crippen molar-refractivity contribution in [2.45, 2.75) is 31.3 Å². The van der Waals surface area contributed by atoms with E-state index in [1.807, 2.05) is 25.1 Å². The van der Waals surface area contributed by atoms with Gasteiger partial charge in [0.2, 0.25) is 15.9 Å². The summed E-state index contributed by atoms with van der Waals surface area (Å²) in [5.41, 5.74) is 2.19. The van der Waals surface area contributed by atoms with Crippen LogP contribution >= 0.6 is 0 Å². The number of amides is 1. The topological polar surface area (TPSA) is 95.1 Å². The minimum atomic E-state index is -3.64. The number of piperazine rings is 1. The van der Waals surface area contributed by atoms with Gasteiger partial charge in [-0.15, -0.1) is 0 Å². The average Bonchev–Trinajstić information content (AvgIpc) is 2.86. The van der Waals surface area contributed by atoms with Crippen LogP contribution in [0.3, 0.4) is 0 Å². The third kappa shape index (κ3) is 5.81. The molecule has 2 fully saturated rings. The fraction of sp³-hybridized carbons (Fsp3) is 0.500. The molecule has 0 saturated carbocycles. The highest BCUT2D eigenvalue weighted by atomic mass is 32.2. The molecule has 0 spiro atoms. The smallest absolute Gasteiger partial charge is 0.243 e. The Hall–Kier alpha value is -2.37. The number of benzene rings is 1. The van der Waals surface area contributed by atoms with E-state index >= 15 is 0 Å². The van der Waals surface area contributed by atoms with Gasteiger partial charge in [-0.3, -0.25) is 19.6 Å². The molecule has 4 rings (SSSR count). The monoisotopic (exact) mass is 487 g/mol. The lowest BCUT2D eigenvalue weighted by Gasteiger charge is -2.37. The van der Waals surface area contributed by atoms with Crippen molar-refractivity contribution in [1.29, 1.82) is 0 Å². The summed E-state index contributed by atoms with van der Waals surface area (Å²) in [7, 11) is -3.64. The van der Waals surface area contributed by atoms with Gasteiger partial charge in [-0.1, -0.05) is 12.1 Å². The number of hydrogen-bond acceptors (Lipinski definition) is 7. The SMILES string of the molecule is Cc1ccc(NC(=O)C(C)N2CCN(Cc3ccccn3)CC2)cc1S(=O)(=O)N1CCOCC1. The first kappa shape index (κ1) is 24.7. The Balaban J connectivity index is 1.36. The third-order valence-corrected chi connectivity index (χ3v) is 8.53. The summed E-state index contributed by atoms with van der Waals surface area (Å²) in [6.07, 6.45) is 1.81. The Kier molecular flexibility index (Phi) is 7.95. The number of carbonyl (C=O) groups is 1. The van der Waals surface area contributed by atoms with Crippen molar-refractivity contribution in [3.63, 3.8) is 0 Å². The van der Waals surface area contributed by atoms with Gasteiger partial charge in [-0.2, -0.15) is 4.31 Å². The second-order valence-corrected chi connectivity index (χ2v) is 10.7. The number of aromatic nitrogens is 1. The lowest BCUT2D eigenvalue weighted by atomic mass is 10.2. The van der Waals surface area contributed by atoms with E-state index in [1.54, 1.807) is 31.3 Å². The number of morpholine rings is 1. The molecule has 1 unspecified atom stereocenters. The highest BCUT2D eigenvalue weighted by molar-refractivity contribution is 7.89. The van der Waals surface area contributed by atoms with Crippen molar-refractivity contribution in [3.8, 4) is 0 Å². The molecule has 2 aliphatic heterocycles. The van der Waals surface area contributed by atoms with Gasteiger partial charge in [-0.25, -0.2) is 8.42 Å². The predicted molar refractivity (Wildman–Crippen MR) is 130 cm³/mol. The number of sulfonamides is 1. The van der Waals surface area contributed by atoms with Gasteiger partial charge in [0.1, 0.15) is 0 Å². The fourth-order valence-electron chi connectivity index (χ4n) is 4.32. The van der Waals surface area contributed by atoms with Crippen molar-refractivity contribution in [2.24, 2.45) is 0 Å². The van der Waals surface area contributed by atoms with Gasteiger partial charge >= 0.3 is 0 Å². The Labute approximate surface area is 201 Å². The van der Waals surface area contributed by atoms with E-state index in [4.69, 9.17) is 4.74 Å². The molecule has 1 atom stereocenters. The van der Waals surface area contributed by atoms with Crippen LogP contribution in [0.25, 0.3) is 0 Å². The van der Waals surface area contributed by atoms with Gasteiger partial charge in [0.25, 0.3) is 0 Å². The van der Waals surface area contributed by atoms with Crippen molar-refractivity contribution < 1.29 is 17.9 Å². The van der Waals surface area contributed by atoms with E-state index in [0.29, 0.717) is 37.6 Å². The van der Waals surface area contributed by atoms with E-state index < -0.39 is 10.0 Å². The highest BCUT2D eigenvalue weighted by Gasteiger charge is 2.29. The van der Waals surface area contributed by atoms with Crippen molar-refractivity contribution in [1.82, 2.24) is 19.1 Å². The second kappa shape index (κ2) is 10.9. The first-order chi connectivity index (χ1) is 16.3. The summed E-state index contributed by atoms with van der Waals surface area (Å²) in [4.78, 5) is 22.1. The number of carbonyl (C=O) groups excluding carboxylic acids is 1. The number of ether oxygens (including phenoxy) is 1. The minimum Gasteiger partial charge on any atom is -0.379 e. The lowest BCUT2D eigenvalue weighted by molar-refractivity contribution is -0.121.